The molecule has 44 heavy (non-hydrogen) atoms. The van der Waals surface area contributed by atoms with Crippen LogP contribution < -0.4 is 22.5 Å². The van der Waals surface area contributed by atoms with Gasteiger partial charge in [0.05, 0.1) is 40.0 Å². The van der Waals surface area contributed by atoms with Crippen molar-refractivity contribution in [3.8, 4) is 34.4 Å². The fourth-order valence-electron chi connectivity index (χ4n) is 5.43. The van der Waals surface area contributed by atoms with Gasteiger partial charge in [0.25, 0.3) is 11.1 Å². The van der Waals surface area contributed by atoms with Crippen LogP contribution in [-0.2, 0) is 26.7 Å². The smallest absolute Gasteiger partial charge is 0.323 e. The van der Waals surface area contributed by atoms with Crippen LogP contribution in [0.3, 0.4) is 0 Å². The minimum absolute atomic E-state index is 0.0296. The average molecular weight is 589 g/mol. The number of hydrogen-bond acceptors (Lipinski definition) is 10. The summed E-state index contributed by atoms with van der Waals surface area (Å²) in [4.78, 5) is 78.5. The van der Waals surface area contributed by atoms with E-state index in [-0.39, 0.29) is 29.6 Å². The van der Waals surface area contributed by atoms with E-state index in [4.69, 9.17) is 0 Å². The Morgan fingerprint density at radius 3 is 1.84 bits per heavy atom. The first kappa shape index (κ1) is 26.9. The van der Waals surface area contributed by atoms with Crippen LogP contribution in [0.25, 0.3) is 56.5 Å². The molecule has 4 aliphatic heterocycles. The number of benzene rings is 1. The number of nitrogens with zero attached hydrogens (tertiary/aromatic N) is 10. The molecule has 0 saturated heterocycles. The highest BCUT2D eigenvalue weighted by molar-refractivity contribution is 5.94. The Balaban J connectivity index is 1.42. The summed E-state index contributed by atoms with van der Waals surface area (Å²) in [6, 6.07) is 12.6. The standard InChI is InChI=1S/C30H24N10O4/c1-4-38-21-13-20-22(12-19(21)33-23-25(38)35-29(43)37(3)27(23)41)39(5-2)26-24(34-20)28(42)40(30(44)36-26)15-16-9-10-18(32-14-16)17-8-6-7-11-31-17/h6-14H,4-5,15H2,1-3H3. The quantitative estimate of drug-likeness (QED) is 0.269. The van der Waals surface area contributed by atoms with Crippen LogP contribution in [0.5, 0.6) is 0 Å². The van der Waals surface area contributed by atoms with Crippen molar-refractivity contribution in [1.29, 1.82) is 0 Å². The topological polar surface area (TPSA) is 165 Å². The van der Waals surface area contributed by atoms with Crippen molar-refractivity contribution in [1.82, 2.24) is 48.2 Å². The summed E-state index contributed by atoms with van der Waals surface area (Å²) in [7, 11) is 1.35. The Kier molecular flexibility index (Phi) is 6.19. The largest absolute Gasteiger partial charge is 0.352 e. The first-order valence-corrected chi connectivity index (χ1v) is 13.9. The van der Waals surface area contributed by atoms with Crippen LogP contribution in [0.4, 0.5) is 0 Å². The van der Waals surface area contributed by atoms with Crippen LogP contribution in [0, 0.1) is 0 Å². The van der Waals surface area contributed by atoms with Crippen LogP contribution in [-0.4, -0.2) is 48.2 Å². The molecule has 0 aliphatic carbocycles. The molecule has 4 aliphatic rings. The number of aromatic nitrogens is 10. The van der Waals surface area contributed by atoms with Crippen molar-refractivity contribution in [3.05, 3.63) is 102 Å². The third-order valence-electron chi connectivity index (χ3n) is 7.65. The maximum absolute atomic E-state index is 13.7. The summed E-state index contributed by atoms with van der Waals surface area (Å²) in [5, 5.41) is 0. The Bertz CT molecular complexity index is 2430. The highest BCUT2D eigenvalue weighted by atomic mass is 16.2. The Labute approximate surface area is 247 Å². The van der Waals surface area contributed by atoms with Gasteiger partial charge < -0.3 is 9.13 Å². The summed E-state index contributed by atoms with van der Waals surface area (Å²) < 4.78 is 5.41. The van der Waals surface area contributed by atoms with Crippen molar-refractivity contribution >= 4 is 22.1 Å². The predicted molar refractivity (Wildman–Crippen MR) is 162 cm³/mol. The van der Waals surface area contributed by atoms with Crippen molar-refractivity contribution in [2.75, 3.05) is 0 Å². The molecule has 14 heteroatoms. The highest BCUT2D eigenvalue weighted by Gasteiger charge is 2.24. The molecule has 0 fully saturated rings. The first-order valence-electron chi connectivity index (χ1n) is 13.9. The van der Waals surface area contributed by atoms with Gasteiger partial charge in [0.2, 0.25) is 0 Å². The molecule has 0 N–H and O–H groups in total. The molecule has 0 amide bonds. The zero-order valence-electron chi connectivity index (χ0n) is 23.9. The van der Waals surface area contributed by atoms with Gasteiger partial charge >= 0.3 is 11.4 Å². The zero-order chi connectivity index (χ0) is 30.7. The molecule has 6 heterocycles. The normalized spacial score (nSPS) is 11.7. The lowest BCUT2D eigenvalue weighted by Gasteiger charge is -2.19. The minimum Gasteiger partial charge on any atom is -0.323 e. The molecule has 0 unspecified atom stereocenters. The number of pyridine rings is 2. The minimum atomic E-state index is -0.712. The maximum Gasteiger partial charge on any atom is 0.352 e. The van der Waals surface area contributed by atoms with E-state index < -0.39 is 22.5 Å². The molecule has 2 aromatic heterocycles. The summed E-state index contributed by atoms with van der Waals surface area (Å²) >= 11 is 0. The van der Waals surface area contributed by atoms with E-state index in [1.807, 2.05) is 32.0 Å². The fourth-order valence-corrected chi connectivity index (χ4v) is 5.43. The Hall–Kier alpha value is -5.92. The lowest BCUT2D eigenvalue weighted by atomic mass is 10.2. The van der Waals surface area contributed by atoms with Crippen molar-refractivity contribution in [2.24, 2.45) is 7.05 Å². The molecule has 0 saturated carbocycles. The molecular weight excluding hydrogens is 564 g/mol. The molecule has 7 rings (SSSR count). The Morgan fingerprint density at radius 1 is 0.659 bits per heavy atom. The third-order valence-corrected chi connectivity index (χ3v) is 7.65. The van der Waals surface area contributed by atoms with Gasteiger partial charge in [-0.05, 0) is 49.7 Å². The number of aryl methyl sites for hydroxylation is 2. The zero-order valence-corrected chi connectivity index (χ0v) is 23.9. The van der Waals surface area contributed by atoms with E-state index in [0.29, 0.717) is 52.1 Å². The van der Waals surface area contributed by atoms with Crippen molar-refractivity contribution < 1.29 is 0 Å². The van der Waals surface area contributed by atoms with Crippen LogP contribution >= 0.6 is 0 Å². The van der Waals surface area contributed by atoms with Crippen LogP contribution in [0.2, 0.25) is 0 Å². The number of fused-ring (bicyclic) bond motifs is 4. The van der Waals surface area contributed by atoms with E-state index in [1.54, 1.807) is 45.8 Å². The van der Waals surface area contributed by atoms with Gasteiger partial charge in [-0.15, -0.1) is 0 Å². The second kappa shape index (κ2) is 10.1. The molecule has 14 nitrogen and oxygen atoms in total. The summed E-state index contributed by atoms with van der Waals surface area (Å²) in [5.74, 6) is 0.311. The molecule has 1 aromatic carbocycles. The average Bonchev–Trinajstić information content (AvgIpc) is 3.04. The lowest BCUT2D eigenvalue weighted by molar-refractivity contribution is 0.672. The molecule has 218 valence electrons. The molecular formula is C30H24N10O4. The van der Waals surface area contributed by atoms with E-state index in [1.165, 1.54) is 7.05 Å². The number of rotatable bonds is 5. The number of hydrogen-bond donors (Lipinski definition) is 0. The predicted octanol–water partition coefficient (Wildman–Crippen LogP) is 1.51. The van der Waals surface area contributed by atoms with Gasteiger partial charge in [-0.1, -0.05) is 12.1 Å². The monoisotopic (exact) mass is 588 g/mol. The first-order chi connectivity index (χ1) is 21.3. The lowest BCUT2D eigenvalue weighted by Crippen LogP contribution is -2.39. The molecule has 0 bridgehead atoms. The molecule has 0 radical (unpaired) electrons. The van der Waals surface area contributed by atoms with Crippen molar-refractivity contribution in [3.63, 3.8) is 0 Å². The van der Waals surface area contributed by atoms with Crippen LogP contribution in [0.15, 0.2) is 74.0 Å². The third kappa shape index (κ3) is 4.10. The van der Waals surface area contributed by atoms with E-state index >= 15 is 0 Å². The SMILES string of the molecule is CCn1c2nc(=O)n(C)c(=O)c-2nc2cc3c(cc21)nc1c(=O)n(Cc2ccc(-c4ccccn4)nc2)c(=O)nc-1n3CC. The summed E-state index contributed by atoms with van der Waals surface area (Å²) in [6.45, 7) is 4.46. The maximum atomic E-state index is 13.7. The molecule has 0 atom stereocenters. The molecule has 0 spiro atoms. The van der Waals surface area contributed by atoms with Gasteiger partial charge in [0.15, 0.2) is 23.0 Å². The van der Waals surface area contributed by atoms with E-state index in [2.05, 4.69) is 29.9 Å². The van der Waals surface area contributed by atoms with Gasteiger partial charge in [-0.2, -0.15) is 9.97 Å². The second-order valence-corrected chi connectivity index (χ2v) is 10.2. The highest BCUT2D eigenvalue weighted by Crippen LogP contribution is 2.28. The van der Waals surface area contributed by atoms with Gasteiger partial charge in [-0.25, -0.2) is 19.6 Å². The molecule has 3 aromatic rings. The van der Waals surface area contributed by atoms with Gasteiger partial charge in [0, 0.05) is 32.5 Å². The Morgan fingerprint density at radius 2 is 1.27 bits per heavy atom. The second-order valence-electron chi connectivity index (χ2n) is 10.2. The summed E-state index contributed by atoms with van der Waals surface area (Å²) in [5.41, 5.74) is 1.64. The van der Waals surface area contributed by atoms with Gasteiger partial charge in [-0.3, -0.25) is 28.7 Å². The van der Waals surface area contributed by atoms with Crippen molar-refractivity contribution in [2.45, 2.75) is 33.5 Å². The van der Waals surface area contributed by atoms with Gasteiger partial charge in [0.1, 0.15) is 0 Å². The fraction of sp³-hybridized carbons (Fsp3) is 0.200. The van der Waals surface area contributed by atoms with E-state index in [9.17, 15) is 19.2 Å². The van der Waals surface area contributed by atoms with Crippen LogP contribution in [0.1, 0.15) is 19.4 Å². The summed E-state index contributed by atoms with van der Waals surface area (Å²) in [6.07, 6.45) is 3.28. The van der Waals surface area contributed by atoms with E-state index in [0.717, 1.165) is 9.13 Å².